The van der Waals surface area contributed by atoms with Crippen molar-refractivity contribution in [3.8, 4) is 0 Å². The number of hydrogen-bond acceptors (Lipinski definition) is 5. The molecule has 0 radical (unpaired) electrons. The smallest absolute Gasteiger partial charge is 0.252 e. The van der Waals surface area contributed by atoms with E-state index in [1.54, 1.807) is 18.4 Å². The molecule has 1 fully saturated rings. The van der Waals surface area contributed by atoms with Crippen LogP contribution in [0.25, 0.3) is 11.0 Å². The van der Waals surface area contributed by atoms with Crippen molar-refractivity contribution in [3.05, 3.63) is 53.7 Å². The second-order valence-electron chi connectivity index (χ2n) is 10.2. The van der Waals surface area contributed by atoms with E-state index < -0.39 is 18.1 Å². The van der Waals surface area contributed by atoms with E-state index in [1.165, 1.54) is 19.3 Å². The van der Waals surface area contributed by atoms with Crippen LogP contribution in [0.4, 0.5) is 0 Å². The normalized spacial score (nSPS) is 20.4. The maximum absolute atomic E-state index is 13.1. The predicted molar refractivity (Wildman–Crippen MR) is 131 cm³/mol. The van der Waals surface area contributed by atoms with E-state index in [0.29, 0.717) is 36.7 Å². The lowest BCUT2D eigenvalue weighted by atomic mass is 9.85. The standard InChI is InChI=1S/C27H35N3O4/c1-18(2)15-27(16-31,17-32)29-26(33)20-10-11-24-22(13-20)28-25(14-21-8-6-12-34-21)30(24)23-9-5-4-7-19(23)3/h6,8,10-13,16,18-19,23,32H,4-5,7,9,14-15,17H2,1-3H3,(H,29,33). The number of nitrogens with one attached hydrogen (secondary N) is 1. The third kappa shape index (κ3) is 4.94. The largest absolute Gasteiger partial charge is 0.469 e. The zero-order chi connectivity index (χ0) is 24.3. The summed E-state index contributed by atoms with van der Waals surface area (Å²) in [5, 5.41) is 12.6. The number of nitrogens with zero attached hydrogens (tertiary/aromatic N) is 2. The van der Waals surface area contributed by atoms with Gasteiger partial charge in [-0.05, 0) is 61.4 Å². The Labute approximate surface area is 200 Å². The predicted octanol–water partition coefficient (Wildman–Crippen LogP) is 4.68. The lowest BCUT2D eigenvalue weighted by molar-refractivity contribution is -0.115. The van der Waals surface area contributed by atoms with Crippen LogP contribution in [0, 0.1) is 11.8 Å². The monoisotopic (exact) mass is 465 g/mol. The number of benzene rings is 1. The molecule has 7 nitrogen and oxygen atoms in total. The Morgan fingerprint density at radius 1 is 1.32 bits per heavy atom. The summed E-state index contributed by atoms with van der Waals surface area (Å²) < 4.78 is 7.94. The van der Waals surface area contributed by atoms with Crippen molar-refractivity contribution in [1.29, 1.82) is 0 Å². The molecule has 7 heteroatoms. The molecule has 0 spiro atoms. The Hall–Kier alpha value is -2.93. The highest BCUT2D eigenvalue weighted by Gasteiger charge is 2.33. The highest BCUT2D eigenvalue weighted by atomic mass is 16.3. The van der Waals surface area contributed by atoms with Gasteiger partial charge >= 0.3 is 0 Å². The molecular formula is C27H35N3O4. The number of aromatic nitrogens is 2. The van der Waals surface area contributed by atoms with Gasteiger partial charge in [0, 0.05) is 11.6 Å². The molecule has 0 bridgehead atoms. The first-order valence-electron chi connectivity index (χ1n) is 12.3. The quantitative estimate of drug-likeness (QED) is 0.447. The number of carbonyl (C=O) groups excluding carboxylic acids is 2. The maximum atomic E-state index is 13.1. The fourth-order valence-electron chi connectivity index (χ4n) is 5.33. The molecule has 0 aliphatic heterocycles. The average Bonchev–Trinajstić information content (AvgIpc) is 3.46. The SMILES string of the molecule is CC(C)CC(C=O)(CO)NC(=O)c1ccc2c(c1)nc(Cc1ccco1)n2C1CCCCC1C. The van der Waals surface area contributed by atoms with Crippen LogP contribution in [0.15, 0.2) is 41.0 Å². The zero-order valence-electron chi connectivity index (χ0n) is 20.3. The minimum atomic E-state index is -1.29. The minimum absolute atomic E-state index is 0.137. The second-order valence-corrected chi connectivity index (χ2v) is 10.2. The van der Waals surface area contributed by atoms with E-state index in [0.717, 1.165) is 29.0 Å². The van der Waals surface area contributed by atoms with Crippen molar-refractivity contribution in [3.63, 3.8) is 0 Å². The summed E-state index contributed by atoms with van der Waals surface area (Å²) in [5.74, 6) is 2.07. The number of imidazole rings is 1. The molecule has 34 heavy (non-hydrogen) atoms. The molecule has 3 aromatic rings. The number of fused-ring (bicyclic) bond motifs is 1. The van der Waals surface area contributed by atoms with Crippen molar-refractivity contribution >= 4 is 23.2 Å². The van der Waals surface area contributed by atoms with Gasteiger partial charge in [0.05, 0.1) is 30.3 Å². The van der Waals surface area contributed by atoms with Crippen LogP contribution in [-0.2, 0) is 11.2 Å². The number of rotatable bonds is 9. The van der Waals surface area contributed by atoms with Gasteiger partial charge in [-0.25, -0.2) is 4.98 Å². The lowest BCUT2D eigenvalue weighted by Crippen LogP contribution is -2.53. The molecule has 2 N–H and O–H groups in total. The number of amides is 1. The maximum Gasteiger partial charge on any atom is 0.252 e. The van der Waals surface area contributed by atoms with Crippen molar-refractivity contribution in [1.82, 2.24) is 14.9 Å². The molecule has 1 aromatic carbocycles. The molecule has 4 rings (SSSR count). The van der Waals surface area contributed by atoms with Crippen LogP contribution >= 0.6 is 0 Å². The first-order valence-corrected chi connectivity index (χ1v) is 12.3. The average molecular weight is 466 g/mol. The molecule has 1 aliphatic carbocycles. The fraction of sp³-hybridized carbons (Fsp3) is 0.519. The van der Waals surface area contributed by atoms with Crippen LogP contribution in [0.2, 0.25) is 0 Å². The van der Waals surface area contributed by atoms with Gasteiger partial charge in [0.15, 0.2) is 0 Å². The molecule has 3 unspecified atom stereocenters. The number of carbonyl (C=O) groups is 2. The Balaban J connectivity index is 1.70. The van der Waals surface area contributed by atoms with Crippen LogP contribution in [0.3, 0.4) is 0 Å². The number of hydrogen-bond donors (Lipinski definition) is 2. The number of aldehydes is 1. The van der Waals surface area contributed by atoms with Crippen molar-refractivity contribution < 1.29 is 19.1 Å². The van der Waals surface area contributed by atoms with E-state index in [-0.39, 0.29) is 5.92 Å². The second kappa shape index (κ2) is 10.1. The molecule has 0 saturated heterocycles. The lowest BCUT2D eigenvalue weighted by Gasteiger charge is -2.31. The first-order chi connectivity index (χ1) is 16.4. The topological polar surface area (TPSA) is 97.4 Å². The Morgan fingerprint density at radius 2 is 2.12 bits per heavy atom. The summed E-state index contributed by atoms with van der Waals surface area (Å²) in [6.07, 6.45) is 8.00. The summed E-state index contributed by atoms with van der Waals surface area (Å²) in [7, 11) is 0. The number of aliphatic hydroxyl groups is 1. The van der Waals surface area contributed by atoms with E-state index >= 15 is 0 Å². The summed E-state index contributed by atoms with van der Waals surface area (Å²) in [4.78, 5) is 29.8. The third-order valence-electron chi connectivity index (χ3n) is 6.98. The highest BCUT2D eigenvalue weighted by molar-refractivity contribution is 5.99. The molecule has 2 heterocycles. The molecule has 182 valence electrons. The molecule has 3 atom stereocenters. The van der Waals surface area contributed by atoms with Crippen molar-refractivity contribution in [2.45, 2.75) is 70.9 Å². The number of aliphatic hydroxyl groups excluding tert-OH is 1. The summed E-state index contributed by atoms with van der Waals surface area (Å²) in [5.41, 5.74) is 0.878. The Bertz CT molecular complexity index is 1130. The minimum Gasteiger partial charge on any atom is -0.469 e. The molecule has 2 aromatic heterocycles. The highest BCUT2D eigenvalue weighted by Crippen LogP contribution is 2.37. The van der Waals surface area contributed by atoms with Crippen molar-refractivity contribution in [2.75, 3.05) is 6.61 Å². The molecule has 1 aliphatic rings. The van der Waals surface area contributed by atoms with Gasteiger partial charge in [0.25, 0.3) is 5.91 Å². The van der Waals surface area contributed by atoms with Crippen LogP contribution in [-0.4, -0.2) is 39.0 Å². The Morgan fingerprint density at radius 3 is 2.76 bits per heavy atom. The first kappa shape index (κ1) is 24.2. The van der Waals surface area contributed by atoms with Gasteiger partial charge < -0.3 is 24.2 Å². The molecule has 1 saturated carbocycles. The van der Waals surface area contributed by atoms with Crippen LogP contribution < -0.4 is 5.32 Å². The Kier molecular flexibility index (Phi) is 7.22. The van der Waals surface area contributed by atoms with Gasteiger partial charge in [-0.2, -0.15) is 0 Å². The van der Waals surface area contributed by atoms with Gasteiger partial charge in [-0.3, -0.25) is 4.79 Å². The van der Waals surface area contributed by atoms with E-state index in [2.05, 4.69) is 16.8 Å². The van der Waals surface area contributed by atoms with Crippen LogP contribution in [0.5, 0.6) is 0 Å². The summed E-state index contributed by atoms with van der Waals surface area (Å²) >= 11 is 0. The fourth-order valence-corrected chi connectivity index (χ4v) is 5.33. The number of furan rings is 1. The van der Waals surface area contributed by atoms with Gasteiger partial charge in [0.1, 0.15) is 23.4 Å². The summed E-state index contributed by atoms with van der Waals surface area (Å²) in [6.45, 7) is 5.76. The van der Waals surface area contributed by atoms with Crippen LogP contribution in [0.1, 0.15) is 80.9 Å². The van der Waals surface area contributed by atoms with Gasteiger partial charge in [-0.1, -0.05) is 33.6 Å². The van der Waals surface area contributed by atoms with Gasteiger partial charge in [-0.15, -0.1) is 0 Å². The molecular weight excluding hydrogens is 430 g/mol. The van der Waals surface area contributed by atoms with E-state index in [9.17, 15) is 14.7 Å². The summed E-state index contributed by atoms with van der Waals surface area (Å²) in [6, 6.07) is 9.70. The van der Waals surface area contributed by atoms with E-state index in [1.807, 2.05) is 32.0 Å². The van der Waals surface area contributed by atoms with Crippen molar-refractivity contribution in [2.24, 2.45) is 11.8 Å². The third-order valence-corrected chi connectivity index (χ3v) is 6.98. The van der Waals surface area contributed by atoms with E-state index in [4.69, 9.17) is 9.40 Å². The zero-order valence-corrected chi connectivity index (χ0v) is 20.3. The van der Waals surface area contributed by atoms with Gasteiger partial charge in [0.2, 0.25) is 0 Å². The molecule has 1 amide bonds.